The van der Waals surface area contributed by atoms with Gasteiger partial charge in [0.2, 0.25) is 0 Å². The molecule has 4 heterocycles. The Labute approximate surface area is 163 Å². The van der Waals surface area contributed by atoms with Gasteiger partial charge in [0.15, 0.2) is 0 Å². The summed E-state index contributed by atoms with van der Waals surface area (Å²) in [6.45, 7) is 2.92. The third-order valence-corrected chi connectivity index (χ3v) is 6.31. The van der Waals surface area contributed by atoms with Gasteiger partial charge >= 0.3 is 6.09 Å². The van der Waals surface area contributed by atoms with Gasteiger partial charge in [0, 0.05) is 24.5 Å². The quantitative estimate of drug-likeness (QED) is 0.731. The number of piperazine rings is 1. The number of hydrogen-bond donors (Lipinski definition) is 1. The maximum absolute atomic E-state index is 13.2. The smallest absolute Gasteiger partial charge is 0.410 e. The lowest BCUT2D eigenvalue weighted by Gasteiger charge is -2.34. The Morgan fingerprint density at radius 3 is 2.89 bits per heavy atom. The number of rotatable bonds is 3. The van der Waals surface area contributed by atoms with Crippen molar-refractivity contribution in [1.29, 1.82) is 0 Å². The van der Waals surface area contributed by atoms with Crippen LogP contribution in [0.4, 0.5) is 9.18 Å². The molecule has 0 radical (unpaired) electrons. The second-order valence-corrected chi connectivity index (χ2v) is 8.06. The summed E-state index contributed by atoms with van der Waals surface area (Å²) in [6.07, 6.45) is -0.246. The molecule has 2 fully saturated rings. The molecule has 1 unspecified atom stereocenters. The van der Waals surface area contributed by atoms with E-state index in [0.717, 1.165) is 10.4 Å². The molecule has 0 spiro atoms. The third-order valence-electron chi connectivity index (χ3n) is 5.13. The zero-order valence-corrected chi connectivity index (χ0v) is 15.7. The van der Waals surface area contributed by atoms with Gasteiger partial charge in [0.05, 0.1) is 18.1 Å². The number of amides is 1. The lowest BCUT2D eigenvalue weighted by atomic mass is 10.2. The van der Waals surface area contributed by atoms with Crippen LogP contribution in [0.2, 0.25) is 0 Å². The molecule has 5 rings (SSSR count). The topological polar surface area (TPSA) is 78.5 Å². The molecule has 2 saturated heterocycles. The average molecular weight is 400 g/mol. The maximum Gasteiger partial charge on any atom is 0.410 e. The summed E-state index contributed by atoms with van der Waals surface area (Å²) >= 11 is 1.35. The Morgan fingerprint density at radius 1 is 1.25 bits per heavy atom. The van der Waals surface area contributed by atoms with E-state index in [1.807, 2.05) is 6.07 Å². The number of aromatic nitrogens is 2. The highest BCUT2D eigenvalue weighted by Gasteiger charge is 2.37. The first-order valence-corrected chi connectivity index (χ1v) is 9.83. The second-order valence-electron chi connectivity index (χ2n) is 7.00. The van der Waals surface area contributed by atoms with Crippen LogP contribution in [0, 0.1) is 5.82 Å². The van der Waals surface area contributed by atoms with Crippen LogP contribution >= 0.6 is 11.3 Å². The summed E-state index contributed by atoms with van der Waals surface area (Å²) in [5, 5.41) is 0. The summed E-state index contributed by atoms with van der Waals surface area (Å²) in [7, 11) is 0. The van der Waals surface area contributed by atoms with Gasteiger partial charge in [0.25, 0.3) is 5.56 Å². The maximum atomic E-state index is 13.2. The number of aromatic amines is 1. The van der Waals surface area contributed by atoms with E-state index in [4.69, 9.17) is 4.74 Å². The fourth-order valence-corrected chi connectivity index (χ4v) is 4.73. The summed E-state index contributed by atoms with van der Waals surface area (Å²) < 4.78 is 18.8. The predicted molar refractivity (Wildman–Crippen MR) is 103 cm³/mol. The SMILES string of the molecule is O=C1OCC2CN(Cc3nc4cc(-c5ccc(F)cc5)sc4c(=O)[nH]3)CCN12. The lowest BCUT2D eigenvalue weighted by Crippen LogP contribution is -2.51. The van der Waals surface area contributed by atoms with Gasteiger partial charge in [-0.1, -0.05) is 12.1 Å². The first kappa shape index (κ1) is 17.3. The van der Waals surface area contributed by atoms with E-state index < -0.39 is 0 Å². The minimum absolute atomic E-state index is 0.0583. The highest BCUT2D eigenvalue weighted by molar-refractivity contribution is 7.22. The average Bonchev–Trinajstić information content (AvgIpc) is 3.27. The standard InChI is InChI=1S/C19H17FN4O3S/c20-12-3-1-11(2-4-12)15-7-14-17(28-15)18(25)22-16(21-14)9-23-5-6-24-13(8-23)10-27-19(24)26/h1-4,7,13H,5-6,8-10H2,(H,21,22,25). The van der Waals surface area contributed by atoms with Crippen LogP contribution < -0.4 is 5.56 Å². The number of nitrogens with zero attached hydrogens (tertiary/aromatic N) is 3. The van der Waals surface area contributed by atoms with Crippen molar-refractivity contribution in [2.75, 3.05) is 26.2 Å². The molecule has 3 aromatic rings. The van der Waals surface area contributed by atoms with Crippen molar-refractivity contribution in [3.63, 3.8) is 0 Å². The van der Waals surface area contributed by atoms with Crippen molar-refractivity contribution >= 4 is 27.6 Å². The molecule has 1 atom stereocenters. The lowest BCUT2D eigenvalue weighted by molar-refractivity contribution is 0.114. The molecule has 1 amide bonds. The molecule has 1 N–H and O–H groups in total. The van der Waals surface area contributed by atoms with Gasteiger partial charge in [-0.05, 0) is 23.8 Å². The summed E-state index contributed by atoms with van der Waals surface area (Å²) in [5.74, 6) is 0.303. The van der Waals surface area contributed by atoms with E-state index in [9.17, 15) is 14.0 Å². The zero-order chi connectivity index (χ0) is 19.3. The summed E-state index contributed by atoms with van der Waals surface area (Å²) in [6, 6.07) is 8.12. The van der Waals surface area contributed by atoms with E-state index in [1.54, 1.807) is 17.0 Å². The number of carbonyl (C=O) groups excluding carboxylic acids is 1. The number of halogens is 1. The molecule has 2 aromatic heterocycles. The molecular formula is C19H17FN4O3S. The second kappa shape index (κ2) is 6.68. The first-order chi connectivity index (χ1) is 13.6. The molecule has 2 aliphatic heterocycles. The molecule has 144 valence electrons. The van der Waals surface area contributed by atoms with Crippen molar-refractivity contribution in [3.05, 3.63) is 52.3 Å². The molecule has 7 nitrogen and oxygen atoms in total. The van der Waals surface area contributed by atoms with Crippen LogP contribution in [0.3, 0.4) is 0 Å². The number of carbonyl (C=O) groups is 1. The normalized spacial score (nSPS) is 19.8. The van der Waals surface area contributed by atoms with Crippen LogP contribution in [0.15, 0.2) is 35.1 Å². The Balaban J connectivity index is 1.39. The van der Waals surface area contributed by atoms with Crippen LogP contribution in [-0.4, -0.2) is 58.1 Å². The molecule has 9 heteroatoms. The van der Waals surface area contributed by atoms with Crippen LogP contribution in [0.1, 0.15) is 5.82 Å². The van der Waals surface area contributed by atoms with E-state index >= 15 is 0 Å². The fourth-order valence-electron chi connectivity index (χ4n) is 3.73. The van der Waals surface area contributed by atoms with Gasteiger partial charge in [-0.15, -0.1) is 11.3 Å². The number of fused-ring (bicyclic) bond motifs is 2. The molecule has 1 aromatic carbocycles. The van der Waals surface area contributed by atoms with Gasteiger partial charge in [-0.2, -0.15) is 0 Å². The fraction of sp³-hybridized carbons (Fsp3) is 0.316. The molecule has 0 saturated carbocycles. The van der Waals surface area contributed by atoms with Crippen molar-refractivity contribution in [2.45, 2.75) is 12.6 Å². The van der Waals surface area contributed by atoms with Crippen LogP contribution in [0.5, 0.6) is 0 Å². The number of H-pyrrole nitrogens is 1. The number of nitrogens with one attached hydrogen (secondary N) is 1. The zero-order valence-electron chi connectivity index (χ0n) is 14.9. The van der Waals surface area contributed by atoms with Crippen LogP contribution in [-0.2, 0) is 11.3 Å². The molecule has 0 bridgehead atoms. The Bertz CT molecular complexity index is 1110. The molecular weight excluding hydrogens is 383 g/mol. The number of thiophene rings is 1. The number of ether oxygens (including phenoxy) is 1. The van der Waals surface area contributed by atoms with E-state index in [-0.39, 0.29) is 23.5 Å². The summed E-state index contributed by atoms with van der Waals surface area (Å²) in [5.41, 5.74) is 1.32. The molecule has 28 heavy (non-hydrogen) atoms. The highest BCUT2D eigenvalue weighted by Crippen LogP contribution is 2.31. The Kier molecular flexibility index (Phi) is 4.13. The molecule has 0 aliphatic carbocycles. The van der Waals surface area contributed by atoms with Crippen molar-refractivity contribution in [2.24, 2.45) is 0 Å². The van der Waals surface area contributed by atoms with Crippen molar-refractivity contribution < 1.29 is 13.9 Å². The number of hydrogen-bond acceptors (Lipinski definition) is 6. The van der Waals surface area contributed by atoms with Crippen molar-refractivity contribution in [1.82, 2.24) is 19.8 Å². The minimum Gasteiger partial charge on any atom is -0.447 e. The number of cyclic esters (lactones) is 1. The monoisotopic (exact) mass is 400 g/mol. The Hall–Kier alpha value is -2.78. The van der Waals surface area contributed by atoms with Crippen molar-refractivity contribution in [3.8, 4) is 10.4 Å². The van der Waals surface area contributed by atoms with Gasteiger partial charge in [0.1, 0.15) is 22.9 Å². The van der Waals surface area contributed by atoms with Gasteiger partial charge < -0.3 is 9.72 Å². The van der Waals surface area contributed by atoms with E-state index in [0.29, 0.717) is 48.8 Å². The molecule has 2 aliphatic rings. The summed E-state index contributed by atoms with van der Waals surface area (Å²) in [4.78, 5) is 36.4. The third kappa shape index (κ3) is 3.06. The van der Waals surface area contributed by atoms with E-state index in [1.165, 1.54) is 23.5 Å². The van der Waals surface area contributed by atoms with E-state index in [2.05, 4.69) is 14.9 Å². The largest absolute Gasteiger partial charge is 0.447 e. The minimum atomic E-state index is -0.294. The number of benzene rings is 1. The van der Waals surface area contributed by atoms with Gasteiger partial charge in [-0.3, -0.25) is 14.6 Å². The predicted octanol–water partition coefficient (Wildman–Crippen LogP) is 2.43. The van der Waals surface area contributed by atoms with Gasteiger partial charge in [-0.25, -0.2) is 14.2 Å². The highest BCUT2D eigenvalue weighted by atomic mass is 32.1. The first-order valence-electron chi connectivity index (χ1n) is 9.01. The Morgan fingerprint density at radius 2 is 2.07 bits per heavy atom. The van der Waals surface area contributed by atoms with Crippen LogP contribution in [0.25, 0.3) is 20.7 Å².